The molecule has 1 aliphatic rings. The molecule has 2 nitrogen and oxygen atoms in total. The Labute approximate surface area is 120 Å². The highest BCUT2D eigenvalue weighted by Crippen LogP contribution is 2.25. The topological polar surface area (TPSA) is 15.3 Å². The molecule has 0 bridgehead atoms. The maximum Gasteiger partial charge on any atom is 0.149 e. The summed E-state index contributed by atoms with van der Waals surface area (Å²) < 4.78 is 27.3. The molecule has 1 saturated heterocycles. The van der Waals surface area contributed by atoms with E-state index in [1.54, 1.807) is 0 Å². The molecule has 1 unspecified atom stereocenters. The van der Waals surface area contributed by atoms with Gasteiger partial charge in [-0.15, -0.1) is 0 Å². The minimum absolute atomic E-state index is 0.0102. The molecule has 2 rings (SSSR count). The summed E-state index contributed by atoms with van der Waals surface area (Å²) in [6.45, 7) is 7.54. The molecule has 20 heavy (non-hydrogen) atoms. The molecule has 1 N–H and O–H groups in total. The Morgan fingerprint density at radius 2 is 1.85 bits per heavy atom. The Kier molecular flexibility index (Phi) is 5.35. The average Bonchev–Trinajstić information content (AvgIpc) is 2.44. The fraction of sp³-hybridized carbons (Fsp3) is 0.625. The Morgan fingerprint density at radius 3 is 2.40 bits per heavy atom. The highest BCUT2D eigenvalue weighted by atomic mass is 19.1. The highest BCUT2D eigenvalue weighted by Gasteiger charge is 2.24. The van der Waals surface area contributed by atoms with Crippen LogP contribution in [-0.4, -0.2) is 30.6 Å². The highest BCUT2D eigenvalue weighted by molar-refractivity contribution is 5.46. The Morgan fingerprint density at radius 1 is 1.25 bits per heavy atom. The van der Waals surface area contributed by atoms with Crippen molar-refractivity contribution in [1.29, 1.82) is 0 Å². The van der Waals surface area contributed by atoms with Crippen LogP contribution in [0.4, 0.5) is 14.5 Å². The van der Waals surface area contributed by atoms with Crippen molar-refractivity contribution < 1.29 is 8.78 Å². The summed E-state index contributed by atoms with van der Waals surface area (Å²) in [5, 5.41) is 3.03. The van der Waals surface area contributed by atoms with Gasteiger partial charge in [-0.3, -0.25) is 0 Å². The molecule has 1 heterocycles. The van der Waals surface area contributed by atoms with Crippen molar-refractivity contribution in [2.75, 3.05) is 25.0 Å². The Balaban J connectivity index is 1.91. The van der Waals surface area contributed by atoms with E-state index in [1.807, 2.05) is 6.92 Å². The number of likely N-dealkylation sites (tertiary alicyclic amines) is 1. The number of hydrogen-bond acceptors (Lipinski definition) is 2. The van der Waals surface area contributed by atoms with Crippen LogP contribution >= 0.6 is 0 Å². The molecule has 0 amide bonds. The number of nitrogens with one attached hydrogen (secondary N) is 1. The van der Waals surface area contributed by atoms with Crippen LogP contribution < -0.4 is 5.32 Å². The first-order valence-corrected chi connectivity index (χ1v) is 7.54. The van der Waals surface area contributed by atoms with E-state index in [1.165, 1.54) is 24.6 Å². The second-order valence-corrected chi connectivity index (χ2v) is 5.71. The van der Waals surface area contributed by atoms with E-state index in [-0.39, 0.29) is 11.7 Å². The fourth-order valence-electron chi connectivity index (χ4n) is 2.97. The van der Waals surface area contributed by atoms with Crippen LogP contribution in [0.5, 0.6) is 0 Å². The number of para-hydroxylation sites is 1. The van der Waals surface area contributed by atoms with Crippen LogP contribution in [0.2, 0.25) is 0 Å². The van der Waals surface area contributed by atoms with Crippen LogP contribution in [0.15, 0.2) is 18.2 Å². The quantitative estimate of drug-likeness (QED) is 0.881. The molecule has 0 radical (unpaired) electrons. The van der Waals surface area contributed by atoms with Crippen molar-refractivity contribution in [2.24, 2.45) is 5.92 Å². The van der Waals surface area contributed by atoms with Crippen LogP contribution in [0.1, 0.15) is 33.1 Å². The molecule has 4 heteroatoms. The van der Waals surface area contributed by atoms with Gasteiger partial charge in [0, 0.05) is 6.04 Å². The number of rotatable bonds is 5. The number of benzene rings is 1. The lowest BCUT2D eigenvalue weighted by molar-refractivity contribution is 0.176. The van der Waals surface area contributed by atoms with E-state index in [0.29, 0.717) is 5.92 Å². The molecular formula is C16H24F2N2. The van der Waals surface area contributed by atoms with Gasteiger partial charge in [-0.1, -0.05) is 13.0 Å². The van der Waals surface area contributed by atoms with Gasteiger partial charge in [-0.25, -0.2) is 8.78 Å². The lowest BCUT2D eigenvalue weighted by Crippen LogP contribution is -2.39. The first kappa shape index (κ1) is 15.2. The van der Waals surface area contributed by atoms with E-state index >= 15 is 0 Å². The van der Waals surface area contributed by atoms with E-state index < -0.39 is 11.6 Å². The zero-order valence-corrected chi connectivity index (χ0v) is 12.3. The fourth-order valence-corrected chi connectivity index (χ4v) is 2.97. The van der Waals surface area contributed by atoms with Gasteiger partial charge >= 0.3 is 0 Å². The van der Waals surface area contributed by atoms with Crippen LogP contribution in [-0.2, 0) is 0 Å². The van der Waals surface area contributed by atoms with E-state index in [9.17, 15) is 8.78 Å². The van der Waals surface area contributed by atoms with Crippen LogP contribution in [0.3, 0.4) is 0 Å². The van der Waals surface area contributed by atoms with Crippen molar-refractivity contribution in [3.05, 3.63) is 29.8 Å². The monoisotopic (exact) mass is 282 g/mol. The lowest BCUT2D eigenvalue weighted by Gasteiger charge is -2.35. The van der Waals surface area contributed by atoms with Crippen molar-refractivity contribution in [3.8, 4) is 0 Å². The molecule has 0 saturated carbocycles. The summed E-state index contributed by atoms with van der Waals surface area (Å²) >= 11 is 0. The zero-order chi connectivity index (χ0) is 14.5. The smallest absolute Gasteiger partial charge is 0.149 e. The summed E-state index contributed by atoms with van der Waals surface area (Å²) in [6, 6.07) is 4.07. The summed E-state index contributed by atoms with van der Waals surface area (Å²) in [5.41, 5.74) is 0.0102. The lowest BCUT2D eigenvalue weighted by atomic mass is 9.90. The Bertz CT molecular complexity index is 408. The summed E-state index contributed by atoms with van der Waals surface area (Å²) in [6.07, 6.45) is 3.35. The largest absolute Gasteiger partial charge is 0.378 e. The molecule has 0 aromatic heterocycles. The number of nitrogens with zero attached hydrogens (tertiary/aromatic N) is 1. The normalized spacial score (nSPS) is 19.0. The molecule has 0 aliphatic carbocycles. The maximum absolute atomic E-state index is 13.6. The molecule has 1 atom stereocenters. The van der Waals surface area contributed by atoms with Crippen molar-refractivity contribution >= 4 is 5.69 Å². The van der Waals surface area contributed by atoms with Gasteiger partial charge in [0.05, 0.1) is 0 Å². The van der Waals surface area contributed by atoms with Gasteiger partial charge in [0.1, 0.15) is 17.3 Å². The van der Waals surface area contributed by atoms with E-state index in [4.69, 9.17) is 0 Å². The first-order valence-electron chi connectivity index (χ1n) is 7.54. The number of hydrogen-bond donors (Lipinski definition) is 1. The standard InChI is InChI=1S/C16H24F2N2/c1-3-9-20-10-7-13(8-11-20)12(2)19-16-14(17)5-4-6-15(16)18/h4-6,12-13,19H,3,7-11H2,1-2H3. The van der Waals surface area contributed by atoms with Gasteiger partial charge in [-0.05, 0) is 63.9 Å². The zero-order valence-electron chi connectivity index (χ0n) is 12.3. The number of piperidine rings is 1. The van der Waals surface area contributed by atoms with Crippen LogP contribution in [0.25, 0.3) is 0 Å². The van der Waals surface area contributed by atoms with Gasteiger partial charge in [0.15, 0.2) is 0 Å². The van der Waals surface area contributed by atoms with Crippen molar-refractivity contribution in [3.63, 3.8) is 0 Å². The summed E-state index contributed by atoms with van der Waals surface area (Å²) in [5.74, 6) is -0.553. The molecule has 1 aliphatic heterocycles. The summed E-state index contributed by atoms with van der Waals surface area (Å²) in [7, 11) is 0. The van der Waals surface area contributed by atoms with E-state index in [0.717, 1.165) is 32.5 Å². The second kappa shape index (κ2) is 7.02. The SMILES string of the molecule is CCCN1CCC(C(C)Nc2c(F)cccc2F)CC1. The molecular weight excluding hydrogens is 258 g/mol. The average molecular weight is 282 g/mol. The van der Waals surface area contributed by atoms with Crippen LogP contribution in [0, 0.1) is 17.6 Å². The van der Waals surface area contributed by atoms with Gasteiger partial charge in [0.2, 0.25) is 0 Å². The van der Waals surface area contributed by atoms with Gasteiger partial charge in [0.25, 0.3) is 0 Å². The third kappa shape index (κ3) is 3.69. The van der Waals surface area contributed by atoms with Gasteiger partial charge in [-0.2, -0.15) is 0 Å². The van der Waals surface area contributed by atoms with E-state index in [2.05, 4.69) is 17.1 Å². The molecule has 1 aromatic rings. The minimum Gasteiger partial charge on any atom is -0.378 e. The Hall–Kier alpha value is -1.16. The molecule has 1 fully saturated rings. The predicted octanol–water partition coefficient (Wildman–Crippen LogP) is 3.89. The number of halogens is 2. The molecule has 112 valence electrons. The summed E-state index contributed by atoms with van der Waals surface area (Å²) in [4.78, 5) is 2.47. The van der Waals surface area contributed by atoms with Gasteiger partial charge < -0.3 is 10.2 Å². The first-order chi connectivity index (χ1) is 9.61. The molecule has 0 spiro atoms. The minimum atomic E-state index is -0.514. The third-order valence-corrected chi connectivity index (χ3v) is 4.21. The number of anilines is 1. The van der Waals surface area contributed by atoms with Crippen molar-refractivity contribution in [2.45, 2.75) is 39.2 Å². The molecule has 1 aromatic carbocycles. The second-order valence-electron chi connectivity index (χ2n) is 5.71. The predicted molar refractivity (Wildman–Crippen MR) is 78.9 cm³/mol. The van der Waals surface area contributed by atoms with Crippen molar-refractivity contribution in [1.82, 2.24) is 4.90 Å². The third-order valence-electron chi connectivity index (χ3n) is 4.21. The maximum atomic E-state index is 13.6.